The third-order valence-electron chi connectivity index (χ3n) is 9.37. The second kappa shape index (κ2) is 23.1. The Hall–Kier alpha value is -2.35. The maximum atomic E-state index is 14.6. The van der Waals surface area contributed by atoms with Crippen LogP contribution in [0.15, 0.2) is 5.38 Å². The Bertz CT molecular complexity index is 1110. The van der Waals surface area contributed by atoms with Gasteiger partial charge in [0.15, 0.2) is 20.7 Å². The van der Waals surface area contributed by atoms with Gasteiger partial charge in [-0.25, -0.2) is 9.78 Å². The molecule has 13 heteroatoms. The van der Waals surface area contributed by atoms with E-state index in [0.29, 0.717) is 30.7 Å². The van der Waals surface area contributed by atoms with E-state index in [1.54, 1.807) is 10.3 Å². The number of unbranched alkanes of at least 4 members (excludes halogenated alkanes) is 2. The highest BCUT2D eigenvalue weighted by Gasteiger charge is 2.40. The molecule has 2 N–H and O–H groups in total. The van der Waals surface area contributed by atoms with Crippen molar-refractivity contribution in [3.05, 3.63) is 16.1 Å². The van der Waals surface area contributed by atoms with Gasteiger partial charge in [-0.2, -0.15) is 0 Å². The summed E-state index contributed by atoms with van der Waals surface area (Å²) < 4.78 is 17.7. The van der Waals surface area contributed by atoms with Crippen LogP contribution in [0.1, 0.15) is 128 Å². The van der Waals surface area contributed by atoms with E-state index in [2.05, 4.69) is 36.4 Å². The molecule has 1 aromatic heterocycles. The number of aromatic nitrogens is 1. The lowest BCUT2D eigenvalue weighted by molar-refractivity contribution is -0.159. The molecule has 0 bridgehead atoms. The van der Waals surface area contributed by atoms with Gasteiger partial charge in [0.05, 0.1) is 13.2 Å². The lowest BCUT2D eigenvalue weighted by Crippen LogP contribution is -2.56. The number of rotatable bonds is 25. The molecule has 0 saturated heterocycles. The second-order valence-corrected chi connectivity index (χ2v) is 18.6. The molecular weight excluding hydrogens is 649 g/mol. The van der Waals surface area contributed by atoms with Crippen molar-refractivity contribution in [1.29, 1.82) is 0 Å². The van der Waals surface area contributed by atoms with Gasteiger partial charge in [-0.1, -0.05) is 68.2 Å². The first-order chi connectivity index (χ1) is 22.9. The third-order valence-corrected chi connectivity index (χ3v) is 15.0. The molecule has 4 atom stereocenters. The zero-order valence-corrected chi connectivity index (χ0v) is 33.1. The average molecular weight is 713 g/mol. The molecule has 0 aliphatic carbocycles. The zero-order valence-electron chi connectivity index (χ0n) is 31.3. The number of hydrogen-bond donors (Lipinski definition) is 2. The number of thiazole rings is 1. The number of carbonyl (C=O) groups excluding carboxylic acids is 4. The quantitative estimate of drug-likeness (QED) is 0.0483. The van der Waals surface area contributed by atoms with E-state index in [1.165, 1.54) is 18.4 Å². The molecule has 0 aromatic carbocycles. The highest BCUT2D eigenvalue weighted by atomic mass is 32.1. The molecule has 1 rings (SSSR count). The molecule has 0 unspecified atom stereocenters. The normalized spacial score (nSPS) is 14.2. The number of nitrogens with zero attached hydrogens (tertiary/aromatic N) is 2. The zero-order chi connectivity index (χ0) is 36.3. The number of esters is 2. The SMILES string of the molecule is CCCC(=O)OCN(C(=O)[C@@H](NC(=O)CCCCCNC)[C@@H](C)CC)[C@H](C[C@@H](O[Si](CC)(CC)CC)c1nc(C(=O)OC)cs1)C(C)C. The standard InChI is InChI=1S/C35H64N4O7SSi/c1-11-19-31(41)45-24-39(34(42)32(26(8)12-2)38-30(40)20-17-16-18-21-36-9)28(25(6)7)22-29(46-48(13-3,14-4)15-5)33-37-27(23-47-33)35(43)44-10/h23,25-26,28-29,32,36H,11-22,24H2,1-10H3,(H,38,40)/t26-,28+,29+,32-/m0/s1. The summed E-state index contributed by atoms with van der Waals surface area (Å²) >= 11 is 1.34. The van der Waals surface area contributed by atoms with Gasteiger partial charge in [-0.05, 0) is 69.2 Å². The van der Waals surface area contributed by atoms with Crippen molar-refractivity contribution in [3.63, 3.8) is 0 Å². The fourth-order valence-electron chi connectivity index (χ4n) is 5.73. The predicted octanol–water partition coefficient (Wildman–Crippen LogP) is 6.85. The molecule has 0 radical (unpaired) electrons. The maximum Gasteiger partial charge on any atom is 0.357 e. The number of ether oxygens (including phenoxy) is 2. The highest BCUT2D eigenvalue weighted by molar-refractivity contribution is 7.09. The van der Waals surface area contributed by atoms with Crippen LogP contribution in [0.2, 0.25) is 18.1 Å². The summed E-state index contributed by atoms with van der Waals surface area (Å²) in [7, 11) is 1.05. The van der Waals surface area contributed by atoms with Crippen molar-refractivity contribution in [2.45, 2.75) is 143 Å². The van der Waals surface area contributed by atoms with E-state index in [1.807, 2.05) is 41.7 Å². The van der Waals surface area contributed by atoms with Crippen molar-refractivity contribution in [2.24, 2.45) is 11.8 Å². The van der Waals surface area contributed by atoms with Crippen LogP contribution >= 0.6 is 11.3 Å². The predicted molar refractivity (Wildman–Crippen MR) is 194 cm³/mol. The first-order valence-electron chi connectivity index (χ1n) is 18.0. The van der Waals surface area contributed by atoms with Gasteiger partial charge in [-0.3, -0.25) is 14.4 Å². The summed E-state index contributed by atoms with van der Waals surface area (Å²) in [5.41, 5.74) is 0.218. The Balaban J connectivity index is 3.60. The van der Waals surface area contributed by atoms with E-state index >= 15 is 0 Å². The lowest BCUT2D eigenvalue weighted by Gasteiger charge is -2.40. The van der Waals surface area contributed by atoms with E-state index in [9.17, 15) is 19.2 Å². The summed E-state index contributed by atoms with van der Waals surface area (Å²) in [6, 6.07) is 1.52. The van der Waals surface area contributed by atoms with E-state index < -0.39 is 32.5 Å². The molecule has 0 spiro atoms. The van der Waals surface area contributed by atoms with Crippen molar-refractivity contribution in [3.8, 4) is 0 Å². The number of carbonyl (C=O) groups is 4. The first kappa shape index (κ1) is 43.7. The molecule has 48 heavy (non-hydrogen) atoms. The molecule has 0 aliphatic rings. The maximum absolute atomic E-state index is 14.6. The molecular formula is C35H64N4O7SSi. The van der Waals surface area contributed by atoms with Crippen molar-refractivity contribution in [1.82, 2.24) is 20.5 Å². The van der Waals surface area contributed by atoms with Gasteiger partial charge >= 0.3 is 11.9 Å². The van der Waals surface area contributed by atoms with E-state index in [-0.39, 0.29) is 48.5 Å². The highest BCUT2D eigenvalue weighted by Crippen LogP contribution is 2.36. The van der Waals surface area contributed by atoms with Crippen LogP contribution in [-0.4, -0.2) is 81.5 Å². The number of amides is 2. The second-order valence-electron chi connectivity index (χ2n) is 13.0. The van der Waals surface area contributed by atoms with Crippen molar-refractivity contribution < 1.29 is 33.1 Å². The Morgan fingerprint density at radius 1 is 0.979 bits per heavy atom. The van der Waals surface area contributed by atoms with Gasteiger partial charge in [0, 0.05) is 24.3 Å². The van der Waals surface area contributed by atoms with Gasteiger partial charge in [0.25, 0.3) is 0 Å². The third kappa shape index (κ3) is 13.9. The smallest absolute Gasteiger partial charge is 0.357 e. The first-order valence-corrected chi connectivity index (χ1v) is 21.4. The van der Waals surface area contributed by atoms with Crippen LogP contribution in [0, 0.1) is 11.8 Å². The monoisotopic (exact) mass is 712 g/mol. The fourth-order valence-corrected chi connectivity index (χ4v) is 9.45. The molecule has 0 aliphatic heterocycles. The molecule has 276 valence electrons. The molecule has 2 amide bonds. The topological polar surface area (TPSA) is 136 Å². The number of methoxy groups -OCH3 is 1. The van der Waals surface area contributed by atoms with E-state index in [0.717, 1.165) is 43.9 Å². The van der Waals surface area contributed by atoms with Crippen LogP contribution in [0.3, 0.4) is 0 Å². The van der Waals surface area contributed by atoms with Gasteiger partial charge in [-0.15, -0.1) is 11.3 Å². The van der Waals surface area contributed by atoms with Crippen LogP contribution in [0.4, 0.5) is 0 Å². The Morgan fingerprint density at radius 3 is 2.19 bits per heavy atom. The Labute approximate surface area is 294 Å². The molecule has 1 aromatic rings. The summed E-state index contributed by atoms with van der Waals surface area (Å²) in [5, 5.41) is 8.49. The molecule has 11 nitrogen and oxygen atoms in total. The van der Waals surface area contributed by atoms with Crippen LogP contribution < -0.4 is 10.6 Å². The van der Waals surface area contributed by atoms with Crippen molar-refractivity contribution >= 4 is 43.4 Å². The minimum atomic E-state index is -2.19. The summed E-state index contributed by atoms with van der Waals surface area (Å²) in [6.45, 7) is 17.0. The minimum absolute atomic E-state index is 0.0635. The molecule has 0 fully saturated rings. The number of nitrogens with one attached hydrogen (secondary N) is 2. The van der Waals surface area contributed by atoms with Gasteiger partial charge in [0.1, 0.15) is 11.0 Å². The Kier molecular flexibility index (Phi) is 21.0. The van der Waals surface area contributed by atoms with Gasteiger partial charge < -0.3 is 29.4 Å². The van der Waals surface area contributed by atoms with Crippen LogP contribution in [-0.2, 0) is 28.3 Å². The summed E-state index contributed by atoms with van der Waals surface area (Å²) in [4.78, 5) is 59.0. The largest absolute Gasteiger partial charge is 0.464 e. The average Bonchev–Trinajstić information content (AvgIpc) is 3.58. The number of hydrogen-bond acceptors (Lipinski definition) is 10. The summed E-state index contributed by atoms with van der Waals surface area (Å²) in [6.07, 6.45) is 4.39. The van der Waals surface area contributed by atoms with Crippen molar-refractivity contribution in [2.75, 3.05) is 27.4 Å². The Morgan fingerprint density at radius 2 is 1.65 bits per heavy atom. The van der Waals surface area contributed by atoms with E-state index in [4.69, 9.17) is 13.9 Å². The fraction of sp³-hybridized carbons (Fsp3) is 0.800. The summed E-state index contributed by atoms with van der Waals surface area (Å²) in [5.74, 6) is -1.56. The molecule has 1 heterocycles. The van der Waals surface area contributed by atoms with Gasteiger partial charge in [0.2, 0.25) is 11.8 Å². The van der Waals surface area contributed by atoms with Crippen LogP contribution in [0.25, 0.3) is 0 Å². The minimum Gasteiger partial charge on any atom is -0.464 e. The van der Waals surface area contributed by atoms with Crippen LogP contribution in [0.5, 0.6) is 0 Å². The lowest BCUT2D eigenvalue weighted by atomic mass is 9.93. The molecule has 0 saturated carbocycles.